The van der Waals surface area contributed by atoms with Crippen LogP contribution in [-0.2, 0) is 14.3 Å². The van der Waals surface area contributed by atoms with E-state index in [0.29, 0.717) is 54.9 Å². The van der Waals surface area contributed by atoms with Crippen molar-refractivity contribution >= 4 is 46.5 Å². The zero-order chi connectivity index (χ0) is 29.1. The first-order valence-corrected chi connectivity index (χ1v) is 13.7. The van der Waals surface area contributed by atoms with Crippen molar-refractivity contribution in [3.05, 3.63) is 77.1 Å². The minimum absolute atomic E-state index is 0.0438. The third-order valence-corrected chi connectivity index (χ3v) is 7.72. The topological polar surface area (TPSA) is 114 Å². The Hall–Kier alpha value is -4.31. The van der Waals surface area contributed by atoms with Gasteiger partial charge in [-0.05, 0) is 60.7 Å². The van der Waals surface area contributed by atoms with Crippen molar-refractivity contribution < 1.29 is 23.5 Å². The largest absolute Gasteiger partial charge is 0.453 e. The maximum absolute atomic E-state index is 14.6. The molecule has 11 heteroatoms. The number of fused-ring (bicyclic) bond motifs is 4. The van der Waals surface area contributed by atoms with Crippen LogP contribution in [0.15, 0.2) is 54.9 Å². The quantitative estimate of drug-likeness (QED) is 0.381. The van der Waals surface area contributed by atoms with Crippen molar-refractivity contribution in [3.8, 4) is 11.1 Å². The van der Waals surface area contributed by atoms with Crippen LogP contribution in [0.1, 0.15) is 50.0 Å². The molecule has 41 heavy (non-hydrogen) atoms. The average Bonchev–Trinajstić information content (AvgIpc) is 2.96. The van der Waals surface area contributed by atoms with E-state index >= 15 is 0 Å². The summed E-state index contributed by atoms with van der Waals surface area (Å²) >= 11 is 5.94. The number of nitrogens with one attached hydrogen (secondary N) is 2. The molecule has 2 aromatic heterocycles. The Labute approximate surface area is 241 Å². The second-order valence-electron chi connectivity index (χ2n) is 10.1. The molecule has 3 aromatic rings. The first-order chi connectivity index (χ1) is 19.7. The molecule has 2 aliphatic heterocycles. The van der Waals surface area contributed by atoms with E-state index in [1.165, 1.54) is 25.4 Å². The van der Waals surface area contributed by atoms with Gasteiger partial charge in [-0.25, -0.2) is 9.18 Å². The van der Waals surface area contributed by atoms with Crippen molar-refractivity contribution in [1.29, 1.82) is 0 Å². The van der Waals surface area contributed by atoms with Crippen LogP contribution in [0.5, 0.6) is 0 Å². The van der Waals surface area contributed by atoms with Crippen molar-refractivity contribution in [1.82, 2.24) is 14.9 Å². The third-order valence-electron chi connectivity index (χ3n) is 7.43. The number of carbonyl (C=O) groups excluding carboxylic acids is 3. The van der Waals surface area contributed by atoms with Gasteiger partial charge in [0.2, 0.25) is 11.8 Å². The number of anilines is 2. The smallest absolute Gasteiger partial charge is 0.411 e. The van der Waals surface area contributed by atoms with Crippen LogP contribution >= 0.6 is 11.6 Å². The van der Waals surface area contributed by atoms with Gasteiger partial charge in [-0.3, -0.25) is 24.9 Å². The van der Waals surface area contributed by atoms with Crippen LogP contribution in [0, 0.1) is 11.7 Å². The number of benzene rings is 1. The Morgan fingerprint density at radius 1 is 1.15 bits per heavy atom. The van der Waals surface area contributed by atoms with E-state index < -0.39 is 11.9 Å². The predicted molar refractivity (Wildman–Crippen MR) is 154 cm³/mol. The van der Waals surface area contributed by atoms with Crippen LogP contribution in [0.3, 0.4) is 0 Å². The first kappa shape index (κ1) is 28.2. The van der Waals surface area contributed by atoms with Crippen molar-refractivity contribution in [2.24, 2.45) is 5.92 Å². The van der Waals surface area contributed by atoms with Crippen LogP contribution < -0.4 is 10.6 Å². The monoisotopic (exact) mass is 577 g/mol. The second kappa shape index (κ2) is 12.1. The Balaban J connectivity index is 1.51. The molecule has 2 bridgehead atoms. The number of aromatic nitrogens is 2. The summed E-state index contributed by atoms with van der Waals surface area (Å²) in [5, 5.41) is 5.59. The SMILES string of the molecule is COC(=O)Nc1ccc2c(c1)NC(=O)[C@H](C)CCC[C@H](N1CCC(c3nccc(Cl)c3F)=CC1=O)c1cc-2ccn1. The maximum Gasteiger partial charge on any atom is 0.411 e. The van der Waals surface area contributed by atoms with Gasteiger partial charge in [0.25, 0.3) is 0 Å². The van der Waals surface area contributed by atoms with Crippen molar-refractivity contribution in [3.63, 3.8) is 0 Å². The Morgan fingerprint density at radius 2 is 1.95 bits per heavy atom. The van der Waals surface area contributed by atoms with Gasteiger partial charge >= 0.3 is 6.09 Å². The zero-order valence-corrected chi connectivity index (χ0v) is 23.4. The molecule has 2 atom stereocenters. The summed E-state index contributed by atoms with van der Waals surface area (Å²) in [7, 11) is 1.28. The standard InChI is InChI=1S/C30H29ClFN5O4/c1-17-4-3-5-25(37-13-10-19(15-26(37)38)28-27(32)22(31)9-12-34-28)24-14-18(8-11-33-24)21-7-6-20(35-30(40)41-2)16-23(21)36-29(17)39/h6-9,11-12,14-17,25H,3-5,10,13H2,1-2H3,(H,35,40)(H,36,39)/t17-,25+/m1/s1. The van der Waals surface area contributed by atoms with E-state index in [2.05, 4.69) is 20.6 Å². The minimum atomic E-state index is -0.641. The molecule has 0 radical (unpaired) electrons. The van der Waals surface area contributed by atoms with Crippen molar-refractivity contribution in [2.75, 3.05) is 24.3 Å². The van der Waals surface area contributed by atoms with Gasteiger partial charge in [0, 0.05) is 42.2 Å². The number of hydrogen-bond donors (Lipinski definition) is 2. The zero-order valence-electron chi connectivity index (χ0n) is 22.6. The van der Waals surface area contributed by atoms with E-state index in [-0.39, 0.29) is 34.5 Å². The highest BCUT2D eigenvalue weighted by Crippen LogP contribution is 2.37. The molecule has 5 rings (SSSR count). The molecule has 3 amide bonds. The summed E-state index contributed by atoms with van der Waals surface area (Å²) in [6.07, 6.45) is 6.18. The number of hydrogen-bond acceptors (Lipinski definition) is 6. The fraction of sp³-hybridized carbons (Fsp3) is 0.300. The normalized spacial score (nSPS) is 19.2. The highest BCUT2D eigenvalue weighted by atomic mass is 35.5. The number of carbonyl (C=O) groups is 3. The van der Waals surface area contributed by atoms with E-state index in [1.807, 2.05) is 19.1 Å². The predicted octanol–water partition coefficient (Wildman–Crippen LogP) is 6.23. The summed E-state index contributed by atoms with van der Waals surface area (Å²) in [5.41, 5.74) is 3.82. The fourth-order valence-electron chi connectivity index (χ4n) is 5.21. The van der Waals surface area contributed by atoms with Gasteiger partial charge in [-0.1, -0.05) is 31.0 Å². The van der Waals surface area contributed by atoms with Crippen molar-refractivity contribution in [2.45, 2.75) is 38.6 Å². The highest BCUT2D eigenvalue weighted by molar-refractivity contribution is 6.30. The molecular formula is C30H29ClFN5O4. The Bertz CT molecular complexity index is 1550. The molecule has 0 saturated carbocycles. The number of methoxy groups -OCH3 is 1. The van der Waals surface area contributed by atoms with Crippen LogP contribution in [0.4, 0.5) is 20.6 Å². The molecule has 212 valence electrons. The molecule has 1 aromatic carbocycles. The maximum atomic E-state index is 14.6. The molecule has 2 aliphatic rings. The second-order valence-corrected chi connectivity index (χ2v) is 10.5. The lowest BCUT2D eigenvalue weighted by atomic mass is 9.93. The van der Waals surface area contributed by atoms with Gasteiger partial charge < -0.3 is 15.0 Å². The molecular weight excluding hydrogens is 549 g/mol. The lowest BCUT2D eigenvalue weighted by Crippen LogP contribution is -2.38. The molecule has 0 spiro atoms. The minimum Gasteiger partial charge on any atom is -0.453 e. The van der Waals surface area contributed by atoms with Crippen LogP contribution in [0.25, 0.3) is 16.7 Å². The summed E-state index contributed by atoms with van der Waals surface area (Å²) in [5.74, 6) is -1.35. The molecule has 0 saturated heterocycles. The number of amides is 3. The molecule has 2 N–H and O–H groups in total. The summed E-state index contributed by atoms with van der Waals surface area (Å²) in [6, 6.07) is 9.98. The average molecular weight is 578 g/mol. The van der Waals surface area contributed by atoms with Gasteiger partial charge in [0.1, 0.15) is 5.69 Å². The number of halogens is 2. The summed E-state index contributed by atoms with van der Waals surface area (Å²) in [4.78, 5) is 48.8. The highest BCUT2D eigenvalue weighted by Gasteiger charge is 2.31. The Morgan fingerprint density at radius 3 is 2.73 bits per heavy atom. The van der Waals surface area contributed by atoms with E-state index in [1.54, 1.807) is 29.3 Å². The lowest BCUT2D eigenvalue weighted by Gasteiger charge is -2.34. The number of pyridine rings is 2. The molecule has 4 heterocycles. The van der Waals surface area contributed by atoms with E-state index in [0.717, 1.165) is 11.1 Å². The summed E-state index contributed by atoms with van der Waals surface area (Å²) in [6.45, 7) is 2.21. The molecule has 9 nitrogen and oxygen atoms in total. The van der Waals surface area contributed by atoms with Gasteiger partial charge in [0.05, 0.1) is 29.6 Å². The van der Waals surface area contributed by atoms with Crippen LogP contribution in [0.2, 0.25) is 5.02 Å². The van der Waals surface area contributed by atoms with E-state index in [9.17, 15) is 18.8 Å². The molecule has 0 unspecified atom stereocenters. The van der Waals surface area contributed by atoms with Gasteiger partial charge in [-0.15, -0.1) is 0 Å². The summed E-state index contributed by atoms with van der Waals surface area (Å²) < 4.78 is 19.3. The molecule has 0 fully saturated rings. The van der Waals surface area contributed by atoms with Gasteiger partial charge in [-0.2, -0.15) is 0 Å². The first-order valence-electron chi connectivity index (χ1n) is 13.3. The number of nitrogens with zero attached hydrogens (tertiary/aromatic N) is 3. The Kier molecular flexibility index (Phi) is 8.30. The van der Waals surface area contributed by atoms with Gasteiger partial charge in [0.15, 0.2) is 5.82 Å². The molecule has 0 aliphatic carbocycles. The number of ether oxygens (including phenoxy) is 1. The van der Waals surface area contributed by atoms with Crippen LogP contribution in [-0.4, -0.2) is 46.4 Å². The fourth-order valence-corrected chi connectivity index (χ4v) is 5.35. The lowest BCUT2D eigenvalue weighted by molar-refractivity contribution is -0.129. The third kappa shape index (κ3) is 6.07. The van der Waals surface area contributed by atoms with E-state index in [4.69, 9.17) is 16.3 Å². The number of rotatable bonds is 3.